The third kappa shape index (κ3) is 4.01. The van der Waals surface area contributed by atoms with Crippen molar-refractivity contribution in [1.82, 2.24) is 15.0 Å². The molecule has 1 aliphatic rings. The predicted octanol–water partition coefficient (Wildman–Crippen LogP) is 2.99. The van der Waals surface area contributed by atoms with Gasteiger partial charge in [0.05, 0.1) is 12.8 Å². The number of nitrogens with zero attached hydrogens (tertiary/aromatic N) is 4. The highest BCUT2D eigenvalue weighted by Crippen LogP contribution is 2.30. The van der Waals surface area contributed by atoms with Crippen molar-refractivity contribution < 1.29 is 27.3 Å². The number of amides is 1. The second-order valence-corrected chi connectivity index (χ2v) is 5.66. The van der Waals surface area contributed by atoms with Crippen molar-refractivity contribution in [3.63, 3.8) is 0 Å². The average Bonchev–Trinajstić information content (AvgIpc) is 3.31. The molecule has 1 amide bonds. The first-order valence-corrected chi connectivity index (χ1v) is 7.77. The van der Waals surface area contributed by atoms with Crippen LogP contribution in [-0.4, -0.2) is 46.9 Å². The molecular weight excluding hydrogens is 353 g/mol. The van der Waals surface area contributed by atoms with Gasteiger partial charge in [-0.05, 0) is 25.0 Å². The molecule has 1 heterocycles. The lowest BCUT2D eigenvalue weighted by Gasteiger charge is -2.20. The van der Waals surface area contributed by atoms with Gasteiger partial charge in [-0.1, -0.05) is 22.4 Å². The quantitative estimate of drug-likeness (QED) is 0.578. The van der Waals surface area contributed by atoms with Gasteiger partial charge in [-0.3, -0.25) is 4.79 Å². The zero-order valence-corrected chi connectivity index (χ0v) is 13.7. The lowest BCUT2D eigenvalue weighted by atomic mass is 10.1. The molecule has 2 aromatic rings. The summed E-state index contributed by atoms with van der Waals surface area (Å²) >= 11 is 0. The number of benzene rings is 1. The van der Waals surface area contributed by atoms with Gasteiger partial charge in [0.2, 0.25) is 5.82 Å². The van der Waals surface area contributed by atoms with Crippen LogP contribution >= 0.6 is 0 Å². The largest absolute Gasteiger partial charge is 0.471 e. The molecule has 1 saturated carbocycles. The van der Waals surface area contributed by atoms with Crippen molar-refractivity contribution >= 4 is 12.1 Å². The molecule has 0 atom stereocenters. The van der Waals surface area contributed by atoms with E-state index in [1.165, 1.54) is 37.6 Å². The third-order valence-electron chi connectivity index (χ3n) is 3.77. The summed E-state index contributed by atoms with van der Waals surface area (Å²) < 4.78 is 41.8. The zero-order chi connectivity index (χ0) is 18.7. The van der Waals surface area contributed by atoms with E-state index in [-0.39, 0.29) is 17.8 Å². The maximum Gasteiger partial charge on any atom is 0.471 e. The van der Waals surface area contributed by atoms with Gasteiger partial charge in [0.1, 0.15) is 7.11 Å². The molecule has 1 aromatic carbocycles. The van der Waals surface area contributed by atoms with E-state index in [0.717, 1.165) is 12.8 Å². The normalized spacial score (nSPS) is 14.6. The number of carbonyl (C=O) groups excluding carboxylic acids is 1. The molecule has 10 heteroatoms. The molecular formula is C16H15F3N4O3. The third-order valence-corrected chi connectivity index (χ3v) is 3.77. The monoisotopic (exact) mass is 368 g/mol. The summed E-state index contributed by atoms with van der Waals surface area (Å²) in [4.78, 5) is 22.2. The summed E-state index contributed by atoms with van der Waals surface area (Å²) in [5.74, 6) is -1.79. The first-order chi connectivity index (χ1) is 12.4. The van der Waals surface area contributed by atoms with Crippen molar-refractivity contribution in [3.8, 4) is 11.4 Å². The number of carbonyl (C=O) groups is 1. The number of alkyl halides is 3. The van der Waals surface area contributed by atoms with Crippen LogP contribution in [0.15, 0.2) is 33.9 Å². The van der Waals surface area contributed by atoms with Gasteiger partial charge in [0.15, 0.2) is 0 Å². The molecule has 3 rings (SSSR count). The van der Waals surface area contributed by atoms with Gasteiger partial charge >= 0.3 is 12.1 Å². The minimum absolute atomic E-state index is 0.164. The fraction of sp³-hybridized carbons (Fsp3) is 0.375. The smallest absolute Gasteiger partial charge is 0.399 e. The minimum atomic E-state index is -4.70. The summed E-state index contributed by atoms with van der Waals surface area (Å²) in [7, 11) is 1.42. The molecule has 138 valence electrons. The average molecular weight is 368 g/mol. The Bertz CT molecular complexity index is 798. The zero-order valence-electron chi connectivity index (χ0n) is 13.7. The van der Waals surface area contributed by atoms with Crippen LogP contribution in [0.25, 0.3) is 11.4 Å². The van der Waals surface area contributed by atoms with Crippen LogP contribution in [0, 0.1) is 0 Å². The fourth-order valence-electron chi connectivity index (χ4n) is 2.36. The molecule has 0 N–H and O–H groups in total. The molecule has 0 unspecified atom stereocenters. The summed E-state index contributed by atoms with van der Waals surface area (Å²) in [6.45, 7) is 0.318. The highest BCUT2D eigenvalue weighted by Gasteiger charge is 2.38. The summed E-state index contributed by atoms with van der Waals surface area (Å²) in [5.41, 5.74) is 0.728. The predicted molar refractivity (Wildman–Crippen MR) is 84.3 cm³/mol. The molecule has 0 saturated heterocycles. The Labute approximate surface area is 146 Å². The van der Waals surface area contributed by atoms with Crippen molar-refractivity contribution in [2.75, 3.05) is 13.7 Å². The summed E-state index contributed by atoms with van der Waals surface area (Å²) in [5, 5.41) is 6.95. The second-order valence-electron chi connectivity index (χ2n) is 5.66. The van der Waals surface area contributed by atoms with Gasteiger partial charge < -0.3 is 14.3 Å². The topological polar surface area (TPSA) is 80.8 Å². The van der Waals surface area contributed by atoms with E-state index in [4.69, 9.17) is 0 Å². The van der Waals surface area contributed by atoms with Crippen LogP contribution in [0.1, 0.15) is 29.1 Å². The maximum absolute atomic E-state index is 12.6. The molecule has 0 bridgehead atoms. The Balaban J connectivity index is 1.75. The van der Waals surface area contributed by atoms with E-state index >= 15 is 0 Å². The number of aromatic nitrogens is 2. The van der Waals surface area contributed by atoms with E-state index < -0.39 is 12.1 Å². The first-order valence-electron chi connectivity index (χ1n) is 7.77. The Morgan fingerprint density at radius 2 is 2.08 bits per heavy atom. The molecule has 7 nitrogen and oxygen atoms in total. The van der Waals surface area contributed by atoms with Crippen LogP contribution in [-0.2, 0) is 11.0 Å². The Kier molecular flexibility index (Phi) is 4.92. The minimum Gasteiger partial charge on any atom is -0.399 e. The Morgan fingerprint density at radius 1 is 1.38 bits per heavy atom. The lowest BCUT2D eigenvalue weighted by Crippen LogP contribution is -2.34. The molecule has 1 aliphatic carbocycles. The van der Waals surface area contributed by atoms with Gasteiger partial charge in [-0.2, -0.15) is 18.2 Å². The number of hydrogen-bond donors (Lipinski definition) is 0. The van der Waals surface area contributed by atoms with Crippen molar-refractivity contribution in [1.29, 1.82) is 0 Å². The first kappa shape index (κ1) is 17.9. The lowest BCUT2D eigenvalue weighted by molar-refractivity contribution is -0.159. The maximum atomic E-state index is 12.6. The fourth-order valence-corrected chi connectivity index (χ4v) is 2.36. The summed E-state index contributed by atoms with van der Waals surface area (Å²) in [6.07, 6.45) is -1.35. The number of hydrogen-bond acceptors (Lipinski definition) is 6. The molecule has 1 fully saturated rings. The highest BCUT2D eigenvalue weighted by atomic mass is 19.4. The Morgan fingerprint density at radius 3 is 2.62 bits per heavy atom. The second kappa shape index (κ2) is 7.14. The van der Waals surface area contributed by atoms with Gasteiger partial charge in [-0.15, -0.1) is 0 Å². The molecule has 0 aliphatic heterocycles. The van der Waals surface area contributed by atoms with Crippen LogP contribution in [0.4, 0.5) is 13.2 Å². The van der Waals surface area contributed by atoms with Crippen molar-refractivity contribution in [2.24, 2.45) is 5.16 Å². The van der Waals surface area contributed by atoms with Crippen LogP contribution in [0.5, 0.6) is 0 Å². The van der Waals surface area contributed by atoms with Gasteiger partial charge in [0, 0.05) is 17.2 Å². The van der Waals surface area contributed by atoms with E-state index in [0.29, 0.717) is 17.7 Å². The molecule has 1 aromatic heterocycles. The van der Waals surface area contributed by atoms with Gasteiger partial charge in [0.25, 0.3) is 5.91 Å². The van der Waals surface area contributed by atoms with E-state index in [9.17, 15) is 18.0 Å². The van der Waals surface area contributed by atoms with Crippen LogP contribution in [0.3, 0.4) is 0 Å². The van der Waals surface area contributed by atoms with Crippen molar-refractivity contribution in [2.45, 2.75) is 25.1 Å². The van der Waals surface area contributed by atoms with E-state index in [1.54, 1.807) is 4.90 Å². The standard InChI is InChI=1S/C16H15F3N4O3/c1-25-20-8-9-23(12-6-7-12)14(24)11-4-2-10(3-5-11)13-21-15(26-22-13)16(17,18)19/h2-5,8,12H,6-7,9H2,1H3/b20-8+. The number of halogens is 3. The van der Waals surface area contributed by atoms with Crippen LogP contribution < -0.4 is 0 Å². The Hall–Kier alpha value is -2.91. The summed E-state index contributed by atoms with van der Waals surface area (Å²) in [6, 6.07) is 6.16. The van der Waals surface area contributed by atoms with E-state index in [1.807, 2.05) is 0 Å². The molecule has 0 radical (unpaired) electrons. The van der Waals surface area contributed by atoms with Gasteiger partial charge in [-0.25, -0.2) is 0 Å². The number of oxime groups is 1. The highest BCUT2D eigenvalue weighted by molar-refractivity contribution is 5.96. The molecule has 0 spiro atoms. The van der Waals surface area contributed by atoms with Crippen molar-refractivity contribution in [3.05, 3.63) is 35.7 Å². The van der Waals surface area contributed by atoms with E-state index in [2.05, 4.69) is 24.7 Å². The van der Waals surface area contributed by atoms with Crippen LogP contribution in [0.2, 0.25) is 0 Å². The molecule has 26 heavy (non-hydrogen) atoms. The number of rotatable bonds is 6. The SMILES string of the molecule is CO/N=C/CN(C(=O)c1ccc(-c2noc(C(F)(F)F)n2)cc1)C1CC1.